The van der Waals surface area contributed by atoms with Crippen LogP contribution in [0.25, 0.3) is 0 Å². The van der Waals surface area contributed by atoms with Crippen LogP contribution >= 0.6 is 0 Å². The summed E-state index contributed by atoms with van der Waals surface area (Å²) in [4.78, 5) is 13.5. The van der Waals surface area contributed by atoms with Crippen molar-refractivity contribution < 1.29 is 19.1 Å². The molecule has 0 bridgehead atoms. The van der Waals surface area contributed by atoms with Gasteiger partial charge in [0.15, 0.2) is 0 Å². The lowest BCUT2D eigenvalue weighted by molar-refractivity contribution is 0.0557. The van der Waals surface area contributed by atoms with Crippen LogP contribution in [0.1, 0.15) is 49.0 Å². The molecule has 1 rings (SSSR count). The number of ether oxygens (including phenoxy) is 1. The largest absolute Gasteiger partial charge is 0.463 e. The molecule has 1 atom stereocenters. The van der Waals surface area contributed by atoms with Crippen molar-refractivity contribution in [2.24, 2.45) is 0 Å². The molecule has 0 aliphatic heterocycles. The average molecular weight is 269 g/mol. The Morgan fingerprint density at radius 1 is 1.47 bits per heavy atom. The first-order valence-electron chi connectivity index (χ1n) is 6.67. The Morgan fingerprint density at radius 2 is 2.21 bits per heavy atom. The molecule has 0 aliphatic carbocycles. The molecular formula is C14H23NO4. The molecule has 0 saturated heterocycles. The number of esters is 1. The lowest BCUT2D eigenvalue weighted by Gasteiger charge is -2.26. The second kappa shape index (κ2) is 7.96. The molecule has 5 heteroatoms. The molecule has 1 heterocycles. The number of carbonyl (C=O) groups is 1. The van der Waals surface area contributed by atoms with Crippen molar-refractivity contribution >= 4 is 5.97 Å². The van der Waals surface area contributed by atoms with E-state index in [0.29, 0.717) is 12.3 Å². The first-order chi connectivity index (χ1) is 9.13. The van der Waals surface area contributed by atoms with Gasteiger partial charge in [-0.2, -0.15) is 0 Å². The van der Waals surface area contributed by atoms with E-state index in [1.54, 1.807) is 12.1 Å². The molecule has 1 N–H and O–H groups in total. The van der Waals surface area contributed by atoms with Gasteiger partial charge in [0.05, 0.1) is 19.8 Å². The van der Waals surface area contributed by atoms with Gasteiger partial charge in [-0.1, -0.05) is 13.3 Å². The van der Waals surface area contributed by atoms with Crippen LogP contribution in [0.3, 0.4) is 0 Å². The van der Waals surface area contributed by atoms with Crippen molar-refractivity contribution in [1.82, 2.24) is 4.90 Å². The molecule has 1 aromatic heterocycles. The third kappa shape index (κ3) is 4.36. The number of methoxy groups -OCH3 is 1. The van der Waals surface area contributed by atoms with Crippen LogP contribution in [-0.4, -0.2) is 42.8 Å². The quantitative estimate of drug-likeness (QED) is 0.733. The maximum absolute atomic E-state index is 11.3. The van der Waals surface area contributed by atoms with E-state index in [1.165, 1.54) is 7.11 Å². The van der Waals surface area contributed by atoms with Gasteiger partial charge in [-0.25, -0.2) is 4.79 Å². The lowest BCUT2D eigenvalue weighted by atomic mass is 10.2. The Labute approximate surface area is 114 Å². The number of furan rings is 1. The first-order valence-corrected chi connectivity index (χ1v) is 6.67. The second-order valence-corrected chi connectivity index (χ2v) is 4.48. The highest BCUT2D eigenvalue weighted by Gasteiger charge is 2.20. The van der Waals surface area contributed by atoms with Gasteiger partial charge in [-0.3, -0.25) is 4.90 Å². The molecule has 0 aliphatic rings. The number of nitrogens with zero attached hydrogens (tertiary/aromatic N) is 1. The van der Waals surface area contributed by atoms with Gasteiger partial charge >= 0.3 is 5.97 Å². The van der Waals surface area contributed by atoms with Crippen LogP contribution in [0.2, 0.25) is 0 Å². The predicted octanol–water partition coefficient (Wildman–Crippen LogP) is 2.22. The molecule has 5 nitrogen and oxygen atoms in total. The van der Waals surface area contributed by atoms with E-state index in [4.69, 9.17) is 9.52 Å². The zero-order valence-corrected chi connectivity index (χ0v) is 11.9. The fraction of sp³-hybridized carbons (Fsp3) is 0.643. The third-order valence-corrected chi connectivity index (χ3v) is 3.16. The standard InChI is InChI=1S/C14H23NO4/c1-4-5-8-15(9-10-16)11(2)12-6-7-13(19-12)14(17)18-3/h6-7,11,16H,4-5,8-10H2,1-3H3. The fourth-order valence-electron chi connectivity index (χ4n) is 1.96. The fourth-order valence-corrected chi connectivity index (χ4v) is 1.96. The van der Waals surface area contributed by atoms with Gasteiger partial charge in [0, 0.05) is 6.54 Å². The first kappa shape index (κ1) is 15.7. The zero-order chi connectivity index (χ0) is 14.3. The Balaban J connectivity index is 2.74. The van der Waals surface area contributed by atoms with E-state index >= 15 is 0 Å². The number of hydrogen-bond acceptors (Lipinski definition) is 5. The number of aliphatic hydroxyl groups excluding tert-OH is 1. The summed E-state index contributed by atoms with van der Waals surface area (Å²) >= 11 is 0. The Hall–Kier alpha value is -1.33. The highest BCUT2D eigenvalue weighted by molar-refractivity contribution is 5.86. The van der Waals surface area contributed by atoms with Crippen LogP contribution in [0.5, 0.6) is 0 Å². The molecular weight excluding hydrogens is 246 g/mol. The van der Waals surface area contributed by atoms with Gasteiger partial charge in [0.25, 0.3) is 0 Å². The highest BCUT2D eigenvalue weighted by atomic mass is 16.5. The summed E-state index contributed by atoms with van der Waals surface area (Å²) < 4.78 is 10.1. The van der Waals surface area contributed by atoms with Gasteiger partial charge in [-0.05, 0) is 32.0 Å². The van der Waals surface area contributed by atoms with E-state index in [-0.39, 0.29) is 18.4 Å². The van der Waals surface area contributed by atoms with Crippen LogP contribution in [0.15, 0.2) is 16.5 Å². The third-order valence-electron chi connectivity index (χ3n) is 3.16. The van der Waals surface area contributed by atoms with Crippen molar-refractivity contribution in [3.63, 3.8) is 0 Å². The number of unbranched alkanes of at least 4 members (excludes halogenated alkanes) is 1. The lowest BCUT2D eigenvalue weighted by Crippen LogP contribution is -2.30. The Kier molecular flexibility index (Phi) is 6.59. The minimum atomic E-state index is -0.472. The smallest absolute Gasteiger partial charge is 0.373 e. The normalized spacial score (nSPS) is 12.7. The van der Waals surface area contributed by atoms with Crippen LogP contribution in [0, 0.1) is 0 Å². The summed E-state index contributed by atoms with van der Waals surface area (Å²) in [7, 11) is 1.33. The van der Waals surface area contributed by atoms with E-state index in [0.717, 1.165) is 19.4 Å². The summed E-state index contributed by atoms with van der Waals surface area (Å²) in [5.41, 5.74) is 0. The number of rotatable bonds is 8. The molecule has 19 heavy (non-hydrogen) atoms. The molecule has 1 unspecified atom stereocenters. The number of hydrogen-bond donors (Lipinski definition) is 1. The van der Waals surface area contributed by atoms with Gasteiger partial charge in [0.1, 0.15) is 5.76 Å². The molecule has 0 fully saturated rings. The van der Waals surface area contributed by atoms with Crippen molar-refractivity contribution in [3.05, 3.63) is 23.7 Å². The summed E-state index contributed by atoms with van der Waals surface area (Å²) in [6.07, 6.45) is 2.16. The Bertz CT molecular complexity index is 389. The maximum atomic E-state index is 11.3. The molecule has 0 spiro atoms. The van der Waals surface area contributed by atoms with Crippen molar-refractivity contribution in [2.75, 3.05) is 26.8 Å². The molecule has 0 amide bonds. The predicted molar refractivity (Wildman–Crippen MR) is 72.0 cm³/mol. The number of carbonyl (C=O) groups excluding carboxylic acids is 1. The second-order valence-electron chi connectivity index (χ2n) is 4.48. The molecule has 108 valence electrons. The van der Waals surface area contributed by atoms with E-state index in [9.17, 15) is 4.79 Å². The van der Waals surface area contributed by atoms with Crippen LogP contribution in [-0.2, 0) is 4.74 Å². The summed E-state index contributed by atoms with van der Waals surface area (Å²) in [5, 5.41) is 9.12. The summed E-state index contributed by atoms with van der Waals surface area (Å²) in [6, 6.07) is 3.43. The van der Waals surface area contributed by atoms with Gasteiger partial charge in [-0.15, -0.1) is 0 Å². The van der Waals surface area contributed by atoms with E-state index in [1.807, 2.05) is 6.92 Å². The van der Waals surface area contributed by atoms with Crippen molar-refractivity contribution in [2.45, 2.75) is 32.7 Å². The van der Waals surface area contributed by atoms with Gasteiger partial charge < -0.3 is 14.3 Å². The minimum absolute atomic E-state index is 0.0251. The molecule has 0 saturated carbocycles. The van der Waals surface area contributed by atoms with E-state index in [2.05, 4.69) is 16.6 Å². The monoisotopic (exact) mass is 269 g/mol. The minimum Gasteiger partial charge on any atom is -0.463 e. The van der Waals surface area contributed by atoms with Gasteiger partial charge in [0.2, 0.25) is 5.76 Å². The van der Waals surface area contributed by atoms with E-state index < -0.39 is 5.97 Å². The molecule has 0 radical (unpaired) electrons. The summed E-state index contributed by atoms with van der Waals surface area (Å²) in [6.45, 7) is 5.73. The zero-order valence-electron chi connectivity index (χ0n) is 11.9. The topological polar surface area (TPSA) is 62.9 Å². The van der Waals surface area contributed by atoms with Crippen LogP contribution in [0.4, 0.5) is 0 Å². The Morgan fingerprint density at radius 3 is 2.79 bits per heavy atom. The molecule has 1 aromatic rings. The summed E-state index contributed by atoms with van der Waals surface area (Å²) in [5.74, 6) is 0.453. The highest BCUT2D eigenvalue weighted by Crippen LogP contribution is 2.23. The van der Waals surface area contributed by atoms with Crippen molar-refractivity contribution in [3.8, 4) is 0 Å². The van der Waals surface area contributed by atoms with Crippen molar-refractivity contribution in [1.29, 1.82) is 0 Å². The average Bonchev–Trinajstić information content (AvgIpc) is 2.91. The maximum Gasteiger partial charge on any atom is 0.373 e. The molecule has 0 aromatic carbocycles. The van der Waals surface area contributed by atoms with Crippen LogP contribution < -0.4 is 0 Å². The number of aliphatic hydroxyl groups is 1. The SMILES string of the molecule is CCCCN(CCO)C(C)c1ccc(C(=O)OC)o1.